The van der Waals surface area contributed by atoms with Gasteiger partial charge in [0.25, 0.3) is 0 Å². The van der Waals surface area contributed by atoms with Crippen LogP contribution in [-0.4, -0.2) is 18.7 Å². The van der Waals surface area contributed by atoms with Gasteiger partial charge in [-0.1, -0.05) is 6.92 Å². The Labute approximate surface area is 121 Å². The summed E-state index contributed by atoms with van der Waals surface area (Å²) < 4.78 is 44.1. The molecule has 2 N–H and O–H groups in total. The molecule has 0 radical (unpaired) electrons. The summed E-state index contributed by atoms with van der Waals surface area (Å²) in [5.74, 6) is 0.109. The Balaban J connectivity index is 2.98. The molecule has 0 saturated carbocycles. The average molecular weight is 304 g/mol. The summed E-state index contributed by atoms with van der Waals surface area (Å²) in [6.07, 6.45) is -3.89. The fourth-order valence-corrected chi connectivity index (χ4v) is 1.61. The summed E-state index contributed by atoms with van der Waals surface area (Å²) in [5, 5.41) is 4.77. The van der Waals surface area contributed by atoms with Gasteiger partial charge in [-0.05, 0) is 38.5 Å². The Morgan fingerprint density at radius 1 is 1.33 bits per heavy atom. The third-order valence-corrected chi connectivity index (χ3v) is 2.85. The van der Waals surface area contributed by atoms with Gasteiger partial charge in [0.15, 0.2) is 0 Å². The molecule has 1 rings (SSSR count). The first-order valence-electron chi connectivity index (χ1n) is 6.69. The van der Waals surface area contributed by atoms with Crippen LogP contribution in [0, 0.1) is 0 Å². The van der Waals surface area contributed by atoms with E-state index in [0.29, 0.717) is 6.42 Å². The number of halogens is 3. The number of nitrogens with one attached hydrogen (secondary N) is 2. The molecule has 0 aliphatic carbocycles. The molecule has 0 bridgehead atoms. The van der Waals surface area contributed by atoms with Crippen LogP contribution in [0.25, 0.3) is 0 Å². The summed E-state index contributed by atoms with van der Waals surface area (Å²) in [6, 6.07) is 2.66. The van der Waals surface area contributed by atoms with Gasteiger partial charge in [-0.2, -0.15) is 13.2 Å². The number of anilines is 1. The normalized spacial score (nSPS) is 12.7. The molecule has 21 heavy (non-hydrogen) atoms. The second-order valence-corrected chi connectivity index (χ2v) is 4.55. The number of hydrogen-bond donors (Lipinski definition) is 2. The van der Waals surface area contributed by atoms with Gasteiger partial charge in [0, 0.05) is 6.04 Å². The molecule has 118 valence electrons. The van der Waals surface area contributed by atoms with Crippen molar-refractivity contribution in [3.05, 3.63) is 23.8 Å². The molecule has 1 unspecified atom stereocenters. The first-order valence-corrected chi connectivity index (χ1v) is 6.69. The monoisotopic (exact) mass is 304 g/mol. The Morgan fingerprint density at radius 2 is 2.00 bits per heavy atom. The van der Waals surface area contributed by atoms with Crippen molar-refractivity contribution >= 4 is 11.7 Å². The van der Waals surface area contributed by atoms with Crippen LogP contribution < -0.4 is 15.4 Å². The maximum Gasteiger partial charge on any atom is 0.418 e. The molecule has 0 saturated heterocycles. The van der Waals surface area contributed by atoms with Gasteiger partial charge < -0.3 is 15.4 Å². The number of amides is 2. The lowest BCUT2D eigenvalue weighted by atomic mass is 10.1. The van der Waals surface area contributed by atoms with Crippen molar-refractivity contribution in [3.63, 3.8) is 0 Å². The van der Waals surface area contributed by atoms with E-state index >= 15 is 0 Å². The lowest BCUT2D eigenvalue weighted by molar-refractivity contribution is -0.137. The first-order chi connectivity index (χ1) is 9.77. The van der Waals surface area contributed by atoms with E-state index in [1.807, 2.05) is 6.92 Å². The van der Waals surface area contributed by atoms with Gasteiger partial charge in [0.05, 0.1) is 17.9 Å². The van der Waals surface area contributed by atoms with Gasteiger partial charge >= 0.3 is 12.2 Å². The minimum atomic E-state index is -4.58. The molecule has 0 heterocycles. The van der Waals surface area contributed by atoms with E-state index in [9.17, 15) is 18.0 Å². The predicted molar refractivity (Wildman–Crippen MR) is 74.5 cm³/mol. The zero-order chi connectivity index (χ0) is 16.0. The average Bonchev–Trinajstić information content (AvgIpc) is 2.39. The van der Waals surface area contributed by atoms with E-state index in [4.69, 9.17) is 4.74 Å². The second-order valence-electron chi connectivity index (χ2n) is 4.55. The Morgan fingerprint density at radius 3 is 2.52 bits per heavy atom. The smallest absolute Gasteiger partial charge is 0.418 e. The molecule has 1 aromatic rings. The number of alkyl halides is 3. The van der Waals surface area contributed by atoms with Crippen molar-refractivity contribution in [3.8, 4) is 5.75 Å². The minimum absolute atomic E-state index is 0.109. The Bertz CT molecular complexity index is 490. The zero-order valence-electron chi connectivity index (χ0n) is 12.2. The van der Waals surface area contributed by atoms with Gasteiger partial charge in [0.1, 0.15) is 5.75 Å². The molecule has 1 aromatic carbocycles. The SMILES string of the molecule is CCOc1ccc(NC(=O)NC(C)CC)c(C(F)(F)F)c1. The number of carbonyl (C=O) groups excluding carboxylic acids is 1. The van der Waals surface area contributed by atoms with Crippen LogP contribution in [0.5, 0.6) is 5.75 Å². The predicted octanol–water partition coefficient (Wildman–Crippen LogP) is 4.02. The number of rotatable bonds is 5. The maximum atomic E-state index is 13.0. The van der Waals surface area contributed by atoms with Crippen LogP contribution in [-0.2, 0) is 6.18 Å². The summed E-state index contributed by atoms with van der Waals surface area (Å²) in [4.78, 5) is 11.7. The van der Waals surface area contributed by atoms with Gasteiger partial charge in [0.2, 0.25) is 0 Å². The van der Waals surface area contributed by atoms with Gasteiger partial charge in [-0.3, -0.25) is 0 Å². The summed E-state index contributed by atoms with van der Waals surface area (Å²) in [7, 11) is 0. The number of urea groups is 1. The van der Waals surface area contributed by atoms with E-state index in [1.54, 1.807) is 13.8 Å². The summed E-state index contributed by atoms with van der Waals surface area (Å²) in [6.45, 7) is 5.57. The highest BCUT2D eigenvalue weighted by Crippen LogP contribution is 2.37. The molecular formula is C14H19F3N2O2. The third-order valence-electron chi connectivity index (χ3n) is 2.85. The second kappa shape index (κ2) is 7.19. The van der Waals surface area contributed by atoms with Crippen LogP contribution in [0.3, 0.4) is 0 Å². The molecule has 0 aliphatic rings. The van der Waals surface area contributed by atoms with Crippen molar-refractivity contribution in [1.29, 1.82) is 0 Å². The number of hydrogen-bond acceptors (Lipinski definition) is 2. The minimum Gasteiger partial charge on any atom is -0.494 e. The fraction of sp³-hybridized carbons (Fsp3) is 0.500. The van der Waals surface area contributed by atoms with E-state index in [-0.39, 0.29) is 24.1 Å². The molecule has 1 atom stereocenters. The first kappa shape index (κ1) is 17.1. The van der Waals surface area contributed by atoms with E-state index in [1.165, 1.54) is 12.1 Å². The van der Waals surface area contributed by atoms with Crippen LogP contribution in [0.1, 0.15) is 32.8 Å². The Hall–Kier alpha value is -1.92. The van der Waals surface area contributed by atoms with Crippen LogP contribution in [0.4, 0.5) is 23.7 Å². The maximum absolute atomic E-state index is 13.0. The molecule has 7 heteroatoms. The number of ether oxygens (including phenoxy) is 1. The highest BCUT2D eigenvalue weighted by atomic mass is 19.4. The topological polar surface area (TPSA) is 50.4 Å². The van der Waals surface area contributed by atoms with Crippen molar-refractivity contribution in [2.75, 3.05) is 11.9 Å². The van der Waals surface area contributed by atoms with Gasteiger partial charge in [-0.25, -0.2) is 4.79 Å². The lowest BCUT2D eigenvalue weighted by Gasteiger charge is -2.17. The largest absolute Gasteiger partial charge is 0.494 e. The summed E-state index contributed by atoms with van der Waals surface area (Å²) >= 11 is 0. The lowest BCUT2D eigenvalue weighted by Crippen LogP contribution is -2.36. The van der Waals surface area contributed by atoms with E-state index in [0.717, 1.165) is 6.07 Å². The summed E-state index contributed by atoms with van der Waals surface area (Å²) in [5.41, 5.74) is -1.24. The van der Waals surface area contributed by atoms with Crippen LogP contribution in [0.2, 0.25) is 0 Å². The molecule has 0 fully saturated rings. The quantitative estimate of drug-likeness (QED) is 0.863. The molecular weight excluding hydrogens is 285 g/mol. The zero-order valence-corrected chi connectivity index (χ0v) is 12.2. The van der Waals surface area contributed by atoms with Crippen molar-refractivity contribution in [1.82, 2.24) is 5.32 Å². The fourth-order valence-electron chi connectivity index (χ4n) is 1.61. The van der Waals surface area contributed by atoms with Crippen molar-refractivity contribution < 1.29 is 22.7 Å². The Kier molecular flexibility index (Phi) is 5.87. The molecule has 2 amide bonds. The highest BCUT2D eigenvalue weighted by molar-refractivity contribution is 5.90. The van der Waals surface area contributed by atoms with Crippen molar-refractivity contribution in [2.45, 2.75) is 39.4 Å². The number of benzene rings is 1. The van der Waals surface area contributed by atoms with Crippen molar-refractivity contribution in [2.24, 2.45) is 0 Å². The van der Waals surface area contributed by atoms with E-state index in [2.05, 4.69) is 10.6 Å². The molecule has 0 aliphatic heterocycles. The molecule has 0 spiro atoms. The molecule has 0 aromatic heterocycles. The van der Waals surface area contributed by atoms with Crippen LogP contribution >= 0.6 is 0 Å². The molecule has 4 nitrogen and oxygen atoms in total. The van der Waals surface area contributed by atoms with Gasteiger partial charge in [-0.15, -0.1) is 0 Å². The standard InChI is InChI=1S/C14H19F3N2O2/c1-4-9(3)18-13(20)19-12-7-6-10(21-5-2)8-11(12)14(15,16)17/h6-9H,4-5H2,1-3H3,(H2,18,19,20). The van der Waals surface area contributed by atoms with E-state index < -0.39 is 17.8 Å². The van der Waals surface area contributed by atoms with Crippen LogP contribution in [0.15, 0.2) is 18.2 Å². The number of carbonyl (C=O) groups is 1. The third kappa shape index (κ3) is 5.17. The highest BCUT2D eigenvalue weighted by Gasteiger charge is 2.34.